The molecule has 1 N–H and O–H groups in total. The summed E-state index contributed by atoms with van der Waals surface area (Å²) in [7, 11) is 0. The molecule has 0 bridgehead atoms. The van der Waals surface area contributed by atoms with Crippen LogP contribution in [0.5, 0.6) is 0 Å². The summed E-state index contributed by atoms with van der Waals surface area (Å²) >= 11 is 5.93. The minimum atomic E-state index is -0.520. The van der Waals surface area contributed by atoms with E-state index in [1.807, 2.05) is 19.1 Å². The number of rotatable bonds is 4. The fraction of sp³-hybridized carbons (Fsp3) is 0.412. The lowest BCUT2D eigenvalue weighted by Crippen LogP contribution is -2.48. The number of amides is 2. The summed E-state index contributed by atoms with van der Waals surface area (Å²) in [5.74, 6) is -0.393. The predicted molar refractivity (Wildman–Crippen MR) is 86.9 cm³/mol. The average Bonchev–Trinajstić information content (AvgIpc) is 3.32. The predicted octanol–water partition coefficient (Wildman–Crippen LogP) is 3.41. The lowest BCUT2D eigenvalue weighted by atomic mass is 9.95. The molecule has 1 aromatic carbocycles. The SMILES string of the molecule is CCOC(=O)C1=C(C)N(C2CC2)C(=O)NC1c1ccc(Cl)cc1. The van der Waals surface area contributed by atoms with Crippen LogP contribution in [0, 0.1) is 0 Å². The van der Waals surface area contributed by atoms with Crippen LogP contribution >= 0.6 is 11.6 Å². The van der Waals surface area contributed by atoms with Gasteiger partial charge >= 0.3 is 12.0 Å². The van der Waals surface area contributed by atoms with E-state index in [9.17, 15) is 9.59 Å². The minimum Gasteiger partial charge on any atom is -0.463 e. The molecule has 0 saturated heterocycles. The molecule has 0 spiro atoms. The molecular weight excluding hydrogens is 316 g/mol. The lowest BCUT2D eigenvalue weighted by molar-refractivity contribution is -0.139. The van der Waals surface area contributed by atoms with Crippen LogP contribution in [-0.4, -0.2) is 29.5 Å². The Kier molecular flexibility index (Phi) is 4.31. The van der Waals surface area contributed by atoms with E-state index in [4.69, 9.17) is 16.3 Å². The molecule has 5 nitrogen and oxygen atoms in total. The molecule has 2 amide bonds. The first-order valence-corrected chi connectivity index (χ1v) is 8.13. The van der Waals surface area contributed by atoms with Gasteiger partial charge in [-0.3, -0.25) is 4.90 Å². The summed E-state index contributed by atoms with van der Waals surface area (Å²) in [5.41, 5.74) is 1.97. The van der Waals surface area contributed by atoms with Crippen LogP contribution in [0.1, 0.15) is 38.3 Å². The van der Waals surface area contributed by atoms with Gasteiger partial charge in [0.25, 0.3) is 0 Å². The van der Waals surface area contributed by atoms with Crippen molar-refractivity contribution in [3.63, 3.8) is 0 Å². The Balaban J connectivity index is 2.04. The van der Waals surface area contributed by atoms with E-state index in [0.717, 1.165) is 18.4 Å². The molecule has 1 atom stereocenters. The summed E-state index contributed by atoms with van der Waals surface area (Å²) in [4.78, 5) is 26.6. The number of esters is 1. The number of nitrogens with zero attached hydrogens (tertiary/aromatic N) is 1. The number of carbonyl (C=O) groups excluding carboxylic acids is 2. The number of urea groups is 1. The van der Waals surface area contributed by atoms with E-state index in [2.05, 4.69) is 5.32 Å². The molecule has 3 rings (SSSR count). The number of allylic oxidation sites excluding steroid dienone is 1. The number of carbonyl (C=O) groups is 2. The van der Waals surface area contributed by atoms with Crippen molar-refractivity contribution < 1.29 is 14.3 Å². The Labute approximate surface area is 140 Å². The van der Waals surface area contributed by atoms with Gasteiger partial charge in [-0.1, -0.05) is 23.7 Å². The van der Waals surface area contributed by atoms with Crippen molar-refractivity contribution in [2.45, 2.75) is 38.8 Å². The molecule has 1 aliphatic heterocycles. The molecule has 23 heavy (non-hydrogen) atoms. The van der Waals surface area contributed by atoms with Gasteiger partial charge in [-0.15, -0.1) is 0 Å². The molecule has 1 saturated carbocycles. The maximum absolute atomic E-state index is 12.5. The Morgan fingerprint density at radius 1 is 1.35 bits per heavy atom. The van der Waals surface area contributed by atoms with Crippen LogP contribution in [0.15, 0.2) is 35.5 Å². The highest BCUT2D eigenvalue weighted by Crippen LogP contribution is 2.38. The van der Waals surface area contributed by atoms with Gasteiger partial charge in [-0.25, -0.2) is 9.59 Å². The number of hydrogen-bond acceptors (Lipinski definition) is 3. The number of hydrogen-bond donors (Lipinski definition) is 1. The topological polar surface area (TPSA) is 58.6 Å². The maximum Gasteiger partial charge on any atom is 0.338 e. The first kappa shape index (κ1) is 15.9. The third-order valence-corrected chi connectivity index (χ3v) is 4.39. The Morgan fingerprint density at radius 2 is 2.00 bits per heavy atom. The monoisotopic (exact) mass is 334 g/mol. The Hall–Kier alpha value is -2.01. The van der Waals surface area contributed by atoms with Crippen LogP contribution in [-0.2, 0) is 9.53 Å². The van der Waals surface area contributed by atoms with Crippen LogP contribution in [0.25, 0.3) is 0 Å². The van der Waals surface area contributed by atoms with Crippen molar-refractivity contribution in [3.05, 3.63) is 46.1 Å². The highest BCUT2D eigenvalue weighted by molar-refractivity contribution is 6.30. The van der Waals surface area contributed by atoms with Gasteiger partial charge in [0.05, 0.1) is 18.2 Å². The highest BCUT2D eigenvalue weighted by atomic mass is 35.5. The van der Waals surface area contributed by atoms with E-state index >= 15 is 0 Å². The molecular formula is C17H19ClN2O3. The first-order chi connectivity index (χ1) is 11.0. The molecule has 0 radical (unpaired) electrons. The van der Waals surface area contributed by atoms with Crippen LogP contribution < -0.4 is 5.32 Å². The molecule has 122 valence electrons. The maximum atomic E-state index is 12.5. The van der Waals surface area contributed by atoms with Crippen LogP contribution in [0.4, 0.5) is 4.79 Å². The zero-order valence-corrected chi connectivity index (χ0v) is 13.9. The molecule has 6 heteroatoms. The molecule has 0 aromatic heterocycles. The van der Waals surface area contributed by atoms with Gasteiger partial charge in [-0.2, -0.15) is 0 Å². The summed E-state index contributed by atoms with van der Waals surface area (Å²) in [6.07, 6.45) is 1.93. The third kappa shape index (κ3) is 3.06. The van der Waals surface area contributed by atoms with Crippen molar-refractivity contribution in [1.82, 2.24) is 10.2 Å². The normalized spacial score (nSPS) is 21.3. The highest BCUT2D eigenvalue weighted by Gasteiger charge is 2.42. The molecule has 1 aliphatic carbocycles. The van der Waals surface area contributed by atoms with Crippen LogP contribution in [0.3, 0.4) is 0 Å². The smallest absolute Gasteiger partial charge is 0.338 e. The summed E-state index contributed by atoms with van der Waals surface area (Å²) in [6.45, 7) is 3.87. The molecule has 1 aromatic rings. The number of benzene rings is 1. The Bertz CT molecular complexity index is 665. The van der Waals surface area contributed by atoms with E-state index in [0.29, 0.717) is 22.9 Å². The largest absolute Gasteiger partial charge is 0.463 e. The van der Waals surface area contributed by atoms with Gasteiger partial charge in [0.1, 0.15) is 0 Å². The van der Waals surface area contributed by atoms with Crippen molar-refractivity contribution in [2.75, 3.05) is 6.61 Å². The zero-order valence-electron chi connectivity index (χ0n) is 13.1. The van der Waals surface area contributed by atoms with Gasteiger partial charge in [0.2, 0.25) is 0 Å². The summed E-state index contributed by atoms with van der Waals surface area (Å²) in [6, 6.07) is 6.61. The second-order valence-electron chi connectivity index (χ2n) is 5.75. The van der Waals surface area contributed by atoms with Crippen LogP contribution in [0.2, 0.25) is 5.02 Å². The third-order valence-electron chi connectivity index (χ3n) is 4.14. The van der Waals surface area contributed by atoms with E-state index in [1.54, 1.807) is 24.0 Å². The number of nitrogens with one attached hydrogen (secondary N) is 1. The van der Waals surface area contributed by atoms with Crippen molar-refractivity contribution in [3.8, 4) is 0 Å². The van der Waals surface area contributed by atoms with Gasteiger partial charge in [0.15, 0.2) is 0 Å². The minimum absolute atomic E-state index is 0.169. The second-order valence-corrected chi connectivity index (χ2v) is 6.19. The fourth-order valence-electron chi connectivity index (χ4n) is 2.91. The van der Waals surface area contributed by atoms with Crippen molar-refractivity contribution >= 4 is 23.6 Å². The van der Waals surface area contributed by atoms with Crippen molar-refractivity contribution in [2.24, 2.45) is 0 Å². The van der Waals surface area contributed by atoms with Gasteiger partial charge < -0.3 is 10.1 Å². The standard InChI is InChI=1S/C17H19ClN2O3/c1-3-23-16(21)14-10(2)20(13-8-9-13)17(22)19-15(14)11-4-6-12(18)7-5-11/h4-7,13,15H,3,8-9H2,1-2H3,(H,19,22). The quantitative estimate of drug-likeness (QED) is 0.858. The number of ether oxygens (including phenoxy) is 1. The molecule has 1 fully saturated rings. The van der Waals surface area contributed by atoms with Crippen molar-refractivity contribution in [1.29, 1.82) is 0 Å². The summed E-state index contributed by atoms with van der Waals surface area (Å²) < 4.78 is 5.21. The summed E-state index contributed by atoms with van der Waals surface area (Å²) in [5, 5.41) is 3.53. The van der Waals surface area contributed by atoms with E-state index in [-0.39, 0.29) is 12.1 Å². The van der Waals surface area contributed by atoms with Gasteiger partial charge in [-0.05, 0) is 44.4 Å². The second kappa shape index (κ2) is 6.24. The fourth-order valence-corrected chi connectivity index (χ4v) is 3.03. The number of halogens is 1. The van der Waals surface area contributed by atoms with E-state index < -0.39 is 12.0 Å². The molecule has 1 unspecified atom stereocenters. The molecule has 2 aliphatic rings. The van der Waals surface area contributed by atoms with E-state index in [1.165, 1.54) is 0 Å². The average molecular weight is 335 g/mol. The first-order valence-electron chi connectivity index (χ1n) is 7.76. The Morgan fingerprint density at radius 3 is 2.57 bits per heavy atom. The lowest BCUT2D eigenvalue weighted by Gasteiger charge is -2.35. The zero-order chi connectivity index (χ0) is 16.6. The van der Waals surface area contributed by atoms with Gasteiger partial charge in [0, 0.05) is 16.8 Å². The molecule has 1 heterocycles.